The fourth-order valence-corrected chi connectivity index (χ4v) is 1.52. The van der Waals surface area contributed by atoms with E-state index in [0.29, 0.717) is 5.92 Å². The van der Waals surface area contributed by atoms with Crippen molar-refractivity contribution in [3.8, 4) is 5.75 Å². The van der Waals surface area contributed by atoms with Crippen molar-refractivity contribution < 1.29 is 4.74 Å². The third-order valence-electron chi connectivity index (χ3n) is 2.26. The highest BCUT2D eigenvalue weighted by molar-refractivity contribution is 5.37. The fourth-order valence-electron chi connectivity index (χ4n) is 1.52. The van der Waals surface area contributed by atoms with Crippen molar-refractivity contribution in [3.63, 3.8) is 0 Å². The lowest BCUT2D eigenvalue weighted by Crippen LogP contribution is -2.11. The van der Waals surface area contributed by atoms with Crippen LogP contribution in [0.3, 0.4) is 0 Å². The summed E-state index contributed by atoms with van der Waals surface area (Å²) in [6, 6.07) is 8.30. The highest BCUT2D eigenvalue weighted by Crippen LogP contribution is 2.32. The second-order valence-corrected chi connectivity index (χ2v) is 3.78. The van der Waals surface area contributed by atoms with Gasteiger partial charge in [0, 0.05) is 0 Å². The lowest BCUT2D eigenvalue weighted by atomic mass is 9.95. The summed E-state index contributed by atoms with van der Waals surface area (Å²) in [4.78, 5) is 0. The predicted octanol–water partition coefficient (Wildman–Crippen LogP) is 3.99. The van der Waals surface area contributed by atoms with Gasteiger partial charge in [-0.05, 0) is 24.0 Å². The Labute approximate surface area is 87.1 Å². The standard InChI is InChI=1S/C10H12O.C3H8/c1-8-6-7-11-10-5-3-2-4-9(8)10;1-3-2/h2-5,8H,6-7H2,1H3;3H2,1-2H3. The molecule has 1 unspecified atom stereocenters. The molecule has 0 bridgehead atoms. The van der Waals surface area contributed by atoms with Gasteiger partial charge in [0.25, 0.3) is 0 Å². The van der Waals surface area contributed by atoms with Gasteiger partial charge in [0.2, 0.25) is 0 Å². The van der Waals surface area contributed by atoms with E-state index in [2.05, 4.69) is 32.9 Å². The molecule has 0 N–H and O–H groups in total. The molecule has 0 saturated heterocycles. The minimum absolute atomic E-state index is 0.667. The molecule has 1 heteroatoms. The quantitative estimate of drug-likeness (QED) is 0.604. The van der Waals surface area contributed by atoms with Gasteiger partial charge in [0.1, 0.15) is 5.75 Å². The Morgan fingerprint density at radius 3 is 2.57 bits per heavy atom. The molecule has 0 aromatic heterocycles. The molecule has 1 aliphatic heterocycles. The molecule has 0 amide bonds. The molecule has 0 fully saturated rings. The maximum atomic E-state index is 5.49. The van der Waals surface area contributed by atoms with E-state index in [9.17, 15) is 0 Å². The van der Waals surface area contributed by atoms with Crippen LogP contribution in [0.4, 0.5) is 0 Å². The summed E-state index contributed by atoms with van der Waals surface area (Å²) in [6.07, 6.45) is 2.40. The minimum Gasteiger partial charge on any atom is -0.493 e. The molecule has 0 saturated carbocycles. The Morgan fingerprint density at radius 1 is 1.29 bits per heavy atom. The van der Waals surface area contributed by atoms with Crippen molar-refractivity contribution in [1.29, 1.82) is 0 Å². The van der Waals surface area contributed by atoms with Crippen molar-refractivity contribution in [1.82, 2.24) is 0 Å². The zero-order valence-electron chi connectivity index (χ0n) is 9.42. The SMILES string of the molecule is CC1CCOc2ccccc21.CCC. The first-order chi connectivity index (χ1) is 6.79. The second-order valence-electron chi connectivity index (χ2n) is 3.78. The van der Waals surface area contributed by atoms with E-state index in [-0.39, 0.29) is 0 Å². The zero-order chi connectivity index (χ0) is 10.4. The molecular weight excluding hydrogens is 172 g/mol. The summed E-state index contributed by atoms with van der Waals surface area (Å²) in [5.41, 5.74) is 1.36. The lowest BCUT2D eigenvalue weighted by Gasteiger charge is -2.22. The summed E-state index contributed by atoms with van der Waals surface area (Å²) in [5, 5.41) is 0. The van der Waals surface area contributed by atoms with Crippen LogP contribution in [0.2, 0.25) is 0 Å². The van der Waals surface area contributed by atoms with Gasteiger partial charge in [-0.15, -0.1) is 0 Å². The number of benzene rings is 1. The first-order valence-corrected chi connectivity index (χ1v) is 5.51. The van der Waals surface area contributed by atoms with Gasteiger partial charge in [-0.3, -0.25) is 0 Å². The van der Waals surface area contributed by atoms with Gasteiger partial charge in [0.05, 0.1) is 6.61 Å². The zero-order valence-corrected chi connectivity index (χ0v) is 9.42. The molecule has 1 atom stereocenters. The van der Waals surface area contributed by atoms with Gasteiger partial charge < -0.3 is 4.74 Å². The van der Waals surface area contributed by atoms with E-state index in [1.165, 1.54) is 12.0 Å². The first-order valence-electron chi connectivity index (χ1n) is 5.51. The minimum atomic E-state index is 0.667. The number of rotatable bonds is 0. The van der Waals surface area contributed by atoms with E-state index in [1.807, 2.05) is 12.1 Å². The maximum absolute atomic E-state index is 5.49. The average Bonchev–Trinajstić information content (AvgIpc) is 2.20. The van der Waals surface area contributed by atoms with Crippen LogP contribution in [0.5, 0.6) is 5.75 Å². The molecule has 1 aliphatic rings. The van der Waals surface area contributed by atoms with E-state index < -0.39 is 0 Å². The third-order valence-corrected chi connectivity index (χ3v) is 2.26. The summed E-state index contributed by atoms with van der Waals surface area (Å²) in [6.45, 7) is 7.37. The third kappa shape index (κ3) is 2.76. The first kappa shape index (κ1) is 11.1. The average molecular weight is 192 g/mol. The van der Waals surface area contributed by atoms with E-state index in [4.69, 9.17) is 4.74 Å². The lowest BCUT2D eigenvalue weighted by molar-refractivity contribution is 0.272. The van der Waals surface area contributed by atoms with Crippen molar-refractivity contribution in [3.05, 3.63) is 29.8 Å². The fraction of sp³-hybridized carbons (Fsp3) is 0.538. The Kier molecular flexibility index (Phi) is 4.51. The smallest absolute Gasteiger partial charge is 0.122 e. The number of ether oxygens (including phenoxy) is 1. The Hall–Kier alpha value is -0.980. The highest BCUT2D eigenvalue weighted by Gasteiger charge is 2.15. The molecule has 1 heterocycles. The predicted molar refractivity (Wildman–Crippen MR) is 60.9 cm³/mol. The molecule has 2 rings (SSSR count). The van der Waals surface area contributed by atoms with E-state index in [1.54, 1.807) is 0 Å². The molecule has 1 aromatic carbocycles. The molecule has 0 radical (unpaired) electrons. The molecule has 0 aliphatic carbocycles. The van der Waals surface area contributed by atoms with E-state index >= 15 is 0 Å². The number of hydrogen-bond donors (Lipinski definition) is 0. The van der Waals surface area contributed by atoms with Crippen LogP contribution in [-0.2, 0) is 0 Å². The molecule has 78 valence electrons. The maximum Gasteiger partial charge on any atom is 0.122 e. The van der Waals surface area contributed by atoms with Gasteiger partial charge in [-0.25, -0.2) is 0 Å². The molecule has 0 spiro atoms. The molecule has 14 heavy (non-hydrogen) atoms. The molecule has 1 nitrogen and oxygen atoms in total. The normalized spacial score (nSPS) is 18.6. The van der Waals surface area contributed by atoms with E-state index in [0.717, 1.165) is 18.8 Å². The Balaban J connectivity index is 0.000000293. The summed E-state index contributed by atoms with van der Waals surface area (Å²) in [7, 11) is 0. The number of para-hydroxylation sites is 1. The Morgan fingerprint density at radius 2 is 1.93 bits per heavy atom. The van der Waals surface area contributed by atoms with Crippen LogP contribution in [0.25, 0.3) is 0 Å². The monoisotopic (exact) mass is 192 g/mol. The largest absolute Gasteiger partial charge is 0.493 e. The van der Waals surface area contributed by atoms with Gasteiger partial charge in [-0.2, -0.15) is 0 Å². The van der Waals surface area contributed by atoms with Crippen molar-refractivity contribution in [2.45, 2.75) is 39.5 Å². The summed E-state index contributed by atoms with van der Waals surface area (Å²) >= 11 is 0. The highest BCUT2D eigenvalue weighted by atomic mass is 16.5. The number of fused-ring (bicyclic) bond motifs is 1. The molecule has 1 aromatic rings. The van der Waals surface area contributed by atoms with Crippen LogP contribution < -0.4 is 4.74 Å². The van der Waals surface area contributed by atoms with Crippen LogP contribution in [0.1, 0.15) is 45.1 Å². The van der Waals surface area contributed by atoms with Crippen molar-refractivity contribution >= 4 is 0 Å². The van der Waals surface area contributed by atoms with Crippen LogP contribution in [0, 0.1) is 0 Å². The van der Waals surface area contributed by atoms with Crippen molar-refractivity contribution in [2.75, 3.05) is 6.61 Å². The van der Waals surface area contributed by atoms with Gasteiger partial charge in [0.15, 0.2) is 0 Å². The summed E-state index contributed by atoms with van der Waals surface area (Å²) in [5.74, 6) is 1.74. The van der Waals surface area contributed by atoms with Gasteiger partial charge in [-0.1, -0.05) is 45.4 Å². The number of hydrogen-bond acceptors (Lipinski definition) is 1. The Bertz CT molecular complexity index is 268. The van der Waals surface area contributed by atoms with Crippen LogP contribution in [-0.4, -0.2) is 6.61 Å². The second kappa shape index (κ2) is 5.69. The van der Waals surface area contributed by atoms with Crippen LogP contribution in [0.15, 0.2) is 24.3 Å². The topological polar surface area (TPSA) is 9.23 Å². The van der Waals surface area contributed by atoms with Crippen molar-refractivity contribution in [2.24, 2.45) is 0 Å². The van der Waals surface area contributed by atoms with Crippen LogP contribution >= 0.6 is 0 Å². The summed E-state index contributed by atoms with van der Waals surface area (Å²) < 4.78 is 5.49. The van der Waals surface area contributed by atoms with Gasteiger partial charge >= 0.3 is 0 Å². The molecular formula is C13H20O.